The van der Waals surface area contributed by atoms with Crippen LogP contribution in [0.15, 0.2) is 24.3 Å². The van der Waals surface area contributed by atoms with Gasteiger partial charge in [0.1, 0.15) is 5.78 Å². The van der Waals surface area contributed by atoms with Crippen molar-refractivity contribution in [3.63, 3.8) is 0 Å². The van der Waals surface area contributed by atoms with E-state index in [1.165, 1.54) is 0 Å². The molecule has 0 aliphatic carbocycles. The molecule has 1 heterocycles. The van der Waals surface area contributed by atoms with Crippen LogP contribution in [0.5, 0.6) is 0 Å². The molecule has 1 aromatic rings. The zero-order valence-electron chi connectivity index (χ0n) is 6.84. The Morgan fingerprint density at radius 3 is 2.77 bits per heavy atom. The van der Waals surface area contributed by atoms with E-state index < -0.39 is 13.4 Å². The maximum Gasteiger partial charge on any atom is 0.346 e. The summed E-state index contributed by atoms with van der Waals surface area (Å²) in [5.41, 5.74) is 1.69. The Hall–Kier alpha value is -0.670. The summed E-state index contributed by atoms with van der Waals surface area (Å²) in [6.45, 7) is 0.534. The second kappa shape index (κ2) is 2.93. The third-order valence-corrected chi connectivity index (χ3v) is 3.31. The van der Waals surface area contributed by atoms with Gasteiger partial charge >= 0.3 is 7.60 Å². The smallest absolute Gasteiger partial charge is 0.323 e. The van der Waals surface area contributed by atoms with Crippen LogP contribution in [0, 0.1) is 0 Å². The molecule has 0 saturated carbocycles. The van der Waals surface area contributed by atoms with Crippen LogP contribution in [0.3, 0.4) is 0 Å². The molecule has 1 aliphatic rings. The summed E-state index contributed by atoms with van der Waals surface area (Å²) in [6, 6.07) is 7.27. The van der Waals surface area contributed by atoms with Crippen molar-refractivity contribution in [2.24, 2.45) is 0 Å². The first-order valence-electron chi connectivity index (χ1n) is 3.95. The lowest BCUT2D eigenvalue weighted by Gasteiger charge is -2.13. The quantitative estimate of drug-likeness (QED) is 0.589. The lowest BCUT2D eigenvalue weighted by atomic mass is 10.1. The summed E-state index contributed by atoms with van der Waals surface area (Å²) in [5.74, 6) is -0.816. The third kappa shape index (κ3) is 1.54. The topological polar surface area (TPSA) is 69.6 Å². The highest BCUT2D eigenvalue weighted by atomic mass is 31.2. The molecule has 2 rings (SSSR count). The van der Waals surface area contributed by atoms with Gasteiger partial charge in [0, 0.05) is 6.54 Å². The van der Waals surface area contributed by atoms with Crippen molar-refractivity contribution in [1.82, 2.24) is 5.32 Å². The highest BCUT2D eigenvalue weighted by molar-refractivity contribution is 7.52. The fourth-order valence-corrected chi connectivity index (χ4v) is 2.52. The molecule has 13 heavy (non-hydrogen) atoms. The standard InChI is InChI=1S/C8H10NO3P/c10-13(11,12)8-7-4-2-1-3-6(7)5-9-8/h1-4,8-9H,5H2,(H2,10,11,12). The van der Waals surface area contributed by atoms with Crippen molar-refractivity contribution in [1.29, 1.82) is 0 Å². The van der Waals surface area contributed by atoms with E-state index >= 15 is 0 Å². The van der Waals surface area contributed by atoms with Crippen LogP contribution in [0.1, 0.15) is 16.9 Å². The van der Waals surface area contributed by atoms with E-state index in [9.17, 15) is 4.57 Å². The van der Waals surface area contributed by atoms with E-state index in [-0.39, 0.29) is 0 Å². The van der Waals surface area contributed by atoms with Crippen molar-refractivity contribution >= 4 is 7.60 Å². The fraction of sp³-hybridized carbons (Fsp3) is 0.250. The molecule has 1 aliphatic heterocycles. The molecular weight excluding hydrogens is 189 g/mol. The number of hydrogen-bond acceptors (Lipinski definition) is 2. The van der Waals surface area contributed by atoms with Gasteiger partial charge in [-0.1, -0.05) is 24.3 Å². The number of benzene rings is 1. The first-order valence-corrected chi connectivity index (χ1v) is 5.63. The Kier molecular flexibility index (Phi) is 2.00. The molecule has 5 heteroatoms. The number of fused-ring (bicyclic) bond motifs is 1. The molecule has 1 aromatic carbocycles. The van der Waals surface area contributed by atoms with Gasteiger partial charge in [-0.05, 0) is 11.1 Å². The molecule has 4 nitrogen and oxygen atoms in total. The predicted molar refractivity (Wildman–Crippen MR) is 48.1 cm³/mol. The van der Waals surface area contributed by atoms with Crippen LogP contribution in [-0.2, 0) is 11.1 Å². The zero-order valence-corrected chi connectivity index (χ0v) is 7.74. The largest absolute Gasteiger partial charge is 0.346 e. The van der Waals surface area contributed by atoms with Crippen LogP contribution in [0.25, 0.3) is 0 Å². The average molecular weight is 199 g/mol. The van der Waals surface area contributed by atoms with E-state index in [0.29, 0.717) is 6.54 Å². The monoisotopic (exact) mass is 199 g/mol. The molecule has 3 N–H and O–H groups in total. The zero-order chi connectivity index (χ0) is 9.47. The van der Waals surface area contributed by atoms with Gasteiger partial charge in [0.05, 0.1) is 0 Å². The van der Waals surface area contributed by atoms with E-state index in [1.54, 1.807) is 12.1 Å². The highest BCUT2D eigenvalue weighted by Gasteiger charge is 2.35. The second-order valence-electron chi connectivity index (χ2n) is 3.07. The van der Waals surface area contributed by atoms with Crippen LogP contribution >= 0.6 is 7.60 Å². The van der Waals surface area contributed by atoms with Gasteiger partial charge in [0.25, 0.3) is 0 Å². The molecule has 0 aromatic heterocycles. The maximum absolute atomic E-state index is 11.0. The predicted octanol–water partition coefficient (Wildman–Crippen LogP) is 0.966. The summed E-state index contributed by atoms with van der Waals surface area (Å²) < 4.78 is 11.0. The second-order valence-corrected chi connectivity index (χ2v) is 4.77. The normalized spacial score (nSPS) is 21.5. The van der Waals surface area contributed by atoms with Crippen molar-refractivity contribution in [2.75, 3.05) is 0 Å². The summed E-state index contributed by atoms with van der Waals surface area (Å²) >= 11 is 0. The minimum atomic E-state index is -4.06. The van der Waals surface area contributed by atoms with E-state index in [1.807, 2.05) is 12.1 Å². The van der Waals surface area contributed by atoms with Crippen LogP contribution in [0.2, 0.25) is 0 Å². The SMILES string of the molecule is O=P(O)(O)C1NCc2ccccc21. The van der Waals surface area contributed by atoms with Gasteiger partial charge < -0.3 is 9.79 Å². The number of hydrogen-bond donors (Lipinski definition) is 3. The average Bonchev–Trinajstić information content (AvgIpc) is 2.45. The summed E-state index contributed by atoms with van der Waals surface area (Å²) in [6.07, 6.45) is 0. The first kappa shape index (κ1) is 8.91. The van der Waals surface area contributed by atoms with Gasteiger partial charge in [-0.2, -0.15) is 0 Å². The molecule has 0 radical (unpaired) electrons. The molecule has 1 unspecified atom stereocenters. The lowest BCUT2D eigenvalue weighted by molar-refractivity contribution is 0.352. The van der Waals surface area contributed by atoms with Gasteiger partial charge in [0.2, 0.25) is 0 Å². The third-order valence-electron chi connectivity index (χ3n) is 2.17. The molecule has 0 bridgehead atoms. The molecule has 0 saturated heterocycles. The Balaban J connectivity index is 2.45. The minimum absolute atomic E-state index is 0.534. The van der Waals surface area contributed by atoms with Crippen LogP contribution in [-0.4, -0.2) is 9.79 Å². The van der Waals surface area contributed by atoms with E-state index in [2.05, 4.69) is 5.32 Å². The molecule has 70 valence electrons. The van der Waals surface area contributed by atoms with Crippen molar-refractivity contribution in [3.8, 4) is 0 Å². The first-order chi connectivity index (χ1) is 6.09. The summed E-state index contributed by atoms with van der Waals surface area (Å²) in [7, 11) is -4.06. The van der Waals surface area contributed by atoms with Crippen molar-refractivity contribution in [2.45, 2.75) is 12.3 Å². The van der Waals surface area contributed by atoms with Crippen molar-refractivity contribution in [3.05, 3.63) is 35.4 Å². The summed E-state index contributed by atoms with van der Waals surface area (Å²) in [5, 5.41) is 2.80. The maximum atomic E-state index is 11.0. The number of rotatable bonds is 1. The lowest BCUT2D eigenvalue weighted by Crippen LogP contribution is -2.11. The minimum Gasteiger partial charge on any atom is -0.323 e. The molecule has 0 fully saturated rings. The summed E-state index contributed by atoms with van der Waals surface area (Å²) in [4.78, 5) is 18.0. The van der Waals surface area contributed by atoms with Gasteiger partial charge in [-0.25, -0.2) is 0 Å². The molecule has 0 spiro atoms. The van der Waals surface area contributed by atoms with E-state index in [0.717, 1.165) is 11.1 Å². The Bertz CT molecular complexity index is 373. The Morgan fingerprint density at radius 1 is 1.38 bits per heavy atom. The fourth-order valence-electron chi connectivity index (χ4n) is 1.58. The molecule has 1 atom stereocenters. The van der Waals surface area contributed by atoms with Gasteiger partial charge in [-0.3, -0.25) is 9.88 Å². The van der Waals surface area contributed by atoms with Crippen LogP contribution in [0.4, 0.5) is 0 Å². The van der Waals surface area contributed by atoms with Gasteiger partial charge in [0.15, 0.2) is 0 Å². The molecule has 0 amide bonds. The highest BCUT2D eigenvalue weighted by Crippen LogP contribution is 2.52. The van der Waals surface area contributed by atoms with Gasteiger partial charge in [-0.15, -0.1) is 0 Å². The Morgan fingerprint density at radius 2 is 2.08 bits per heavy atom. The Labute approximate surface area is 75.8 Å². The van der Waals surface area contributed by atoms with E-state index in [4.69, 9.17) is 9.79 Å². The van der Waals surface area contributed by atoms with Crippen LogP contribution < -0.4 is 5.32 Å². The molecular formula is C8H10NO3P. The van der Waals surface area contributed by atoms with Crippen molar-refractivity contribution < 1.29 is 14.4 Å². The number of nitrogens with one attached hydrogen (secondary N) is 1.